The van der Waals surface area contributed by atoms with Crippen LogP contribution in [0.25, 0.3) is 0 Å². The molecule has 2 N–H and O–H groups in total. The van der Waals surface area contributed by atoms with Gasteiger partial charge in [-0.25, -0.2) is 0 Å². The second-order valence-corrected chi connectivity index (χ2v) is 5.39. The average molecular weight is 351 g/mol. The molecule has 0 saturated heterocycles. The van der Waals surface area contributed by atoms with Crippen LogP contribution in [0.4, 0.5) is 30.2 Å². The largest absolute Gasteiger partial charge is 0.471 e. The standard InChI is InChI=1S/C17H16F3N3O2/c1-23(2)14-6-4-3-5-13(14)22-15(24)11-7-9-12(10-8-11)21-16(25)17(18,19)20/h3-10H,1-2H3,(H,21,25)(H,22,24). The van der Waals surface area contributed by atoms with Gasteiger partial charge in [0.05, 0.1) is 11.4 Å². The zero-order chi connectivity index (χ0) is 18.6. The van der Waals surface area contributed by atoms with Gasteiger partial charge in [0.2, 0.25) is 0 Å². The number of halogens is 3. The van der Waals surface area contributed by atoms with Gasteiger partial charge >= 0.3 is 12.1 Å². The Balaban J connectivity index is 2.10. The Labute approximate surface area is 142 Å². The Kier molecular flexibility index (Phi) is 5.31. The number of benzene rings is 2. The van der Waals surface area contributed by atoms with Gasteiger partial charge in [0.15, 0.2) is 0 Å². The monoisotopic (exact) mass is 351 g/mol. The Morgan fingerprint density at radius 3 is 2.08 bits per heavy atom. The highest BCUT2D eigenvalue weighted by Crippen LogP contribution is 2.24. The lowest BCUT2D eigenvalue weighted by Gasteiger charge is -2.17. The van der Waals surface area contributed by atoms with Crippen molar-refractivity contribution in [1.29, 1.82) is 0 Å². The highest BCUT2D eigenvalue weighted by molar-refractivity contribution is 6.06. The summed E-state index contributed by atoms with van der Waals surface area (Å²) in [6, 6.07) is 12.3. The number of amides is 2. The number of para-hydroxylation sites is 2. The minimum atomic E-state index is -4.97. The number of alkyl halides is 3. The fraction of sp³-hybridized carbons (Fsp3) is 0.176. The van der Waals surface area contributed by atoms with Gasteiger partial charge in [0.25, 0.3) is 5.91 Å². The summed E-state index contributed by atoms with van der Waals surface area (Å²) in [5, 5.41) is 4.46. The summed E-state index contributed by atoms with van der Waals surface area (Å²) in [5.74, 6) is -2.48. The van der Waals surface area contributed by atoms with E-state index in [-0.39, 0.29) is 11.3 Å². The number of rotatable bonds is 4. The van der Waals surface area contributed by atoms with Crippen molar-refractivity contribution in [2.75, 3.05) is 29.6 Å². The Morgan fingerprint density at radius 2 is 1.52 bits per heavy atom. The molecule has 8 heteroatoms. The fourth-order valence-corrected chi connectivity index (χ4v) is 2.07. The first kappa shape index (κ1) is 18.3. The van der Waals surface area contributed by atoms with E-state index in [1.807, 2.05) is 31.1 Å². The second kappa shape index (κ2) is 7.25. The molecule has 2 rings (SSSR count). The number of hydrogen-bond donors (Lipinski definition) is 2. The number of carbonyl (C=O) groups is 2. The van der Waals surface area contributed by atoms with Gasteiger partial charge in [0, 0.05) is 25.3 Å². The maximum atomic E-state index is 12.3. The zero-order valence-corrected chi connectivity index (χ0v) is 13.5. The van der Waals surface area contributed by atoms with Crippen molar-refractivity contribution in [3.8, 4) is 0 Å². The molecule has 2 aromatic carbocycles. The number of carbonyl (C=O) groups excluding carboxylic acids is 2. The van der Waals surface area contributed by atoms with Crippen LogP contribution in [0.2, 0.25) is 0 Å². The van der Waals surface area contributed by atoms with Crippen LogP contribution < -0.4 is 15.5 Å². The third kappa shape index (κ3) is 4.72. The van der Waals surface area contributed by atoms with Crippen molar-refractivity contribution in [3.63, 3.8) is 0 Å². The van der Waals surface area contributed by atoms with Gasteiger partial charge in [-0.05, 0) is 36.4 Å². The third-order valence-corrected chi connectivity index (χ3v) is 3.30. The zero-order valence-electron chi connectivity index (χ0n) is 13.5. The molecule has 0 aliphatic heterocycles. The van der Waals surface area contributed by atoms with Crippen LogP contribution in [0.3, 0.4) is 0 Å². The first-order chi connectivity index (χ1) is 11.7. The number of nitrogens with zero attached hydrogens (tertiary/aromatic N) is 1. The molecule has 0 fully saturated rings. The summed E-state index contributed by atoms with van der Waals surface area (Å²) >= 11 is 0. The molecule has 0 aliphatic carbocycles. The first-order valence-electron chi connectivity index (χ1n) is 7.24. The topological polar surface area (TPSA) is 61.4 Å². The number of anilines is 3. The molecule has 0 aliphatic rings. The van der Waals surface area contributed by atoms with E-state index in [9.17, 15) is 22.8 Å². The smallest absolute Gasteiger partial charge is 0.376 e. The summed E-state index contributed by atoms with van der Waals surface area (Å²) < 4.78 is 36.6. The third-order valence-electron chi connectivity index (χ3n) is 3.30. The maximum Gasteiger partial charge on any atom is 0.471 e. The lowest BCUT2D eigenvalue weighted by Crippen LogP contribution is -2.29. The van der Waals surface area contributed by atoms with E-state index in [2.05, 4.69) is 5.32 Å². The molecule has 0 radical (unpaired) electrons. The van der Waals surface area contributed by atoms with E-state index in [0.29, 0.717) is 5.69 Å². The van der Waals surface area contributed by atoms with Gasteiger partial charge in [-0.2, -0.15) is 13.2 Å². The number of hydrogen-bond acceptors (Lipinski definition) is 3. The molecule has 132 valence electrons. The minimum Gasteiger partial charge on any atom is -0.376 e. The van der Waals surface area contributed by atoms with E-state index in [1.54, 1.807) is 17.4 Å². The predicted molar refractivity (Wildman–Crippen MR) is 89.8 cm³/mol. The van der Waals surface area contributed by atoms with E-state index in [0.717, 1.165) is 5.69 Å². The normalized spacial score (nSPS) is 10.9. The minimum absolute atomic E-state index is 0.0485. The highest BCUT2D eigenvalue weighted by Gasteiger charge is 2.38. The van der Waals surface area contributed by atoms with Gasteiger partial charge < -0.3 is 15.5 Å². The van der Waals surface area contributed by atoms with E-state index in [4.69, 9.17) is 0 Å². The Bertz CT molecular complexity index is 771. The van der Waals surface area contributed by atoms with Crippen molar-refractivity contribution in [1.82, 2.24) is 0 Å². The van der Waals surface area contributed by atoms with E-state index in [1.165, 1.54) is 24.3 Å². The second-order valence-electron chi connectivity index (χ2n) is 5.39. The molecule has 5 nitrogen and oxygen atoms in total. The van der Waals surface area contributed by atoms with Crippen molar-refractivity contribution in [2.24, 2.45) is 0 Å². The van der Waals surface area contributed by atoms with Gasteiger partial charge in [-0.3, -0.25) is 9.59 Å². The fourth-order valence-electron chi connectivity index (χ4n) is 2.07. The molecule has 2 aromatic rings. The van der Waals surface area contributed by atoms with Crippen LogP contribution in [0.1, 0.15) is 10.4 Å². The molecular formula is C17H16F3N3O2. The summed E-state index contributed by atoms with van der Waals surface area (Å²) in [4.78, 5) is 25.0. The molecule has 25 heavy (non-hydrogen) atoms. The van der Waals surface area contributed by atoms with Crippen molar-refractivity contribution >= 4 is 28.9 Å². The van der Waals surface area contributed by atoms with E-state index < -0.39 is 18.0 Å². The predicted octanol–water partition coefficient (Wildman–Crippen LogP) is 3.51. The molecule has 0 heterocycles. The Morgan fingerprint density at radius 1 is 0.920 bits per heavy atom. The lowest BCUT2D eigenvalue weighted by atomic mass is 10.1. The molecule has 2 amide bonds. The van der Waals surface area contributed by atoms with Gasteiger partial charge in [0.1, 0.15) is 0 Å². The quantitative estimate of drug-likeness (QED) is 0.886. The van der Waals surface area contributed by atoms with Crippen molar-refractivity contribution < 1.29 is 22.8 Å². The van der Waals surface area contributed by atoms with Crippen LogP contribution in [-0.4, -0.2) is 32.1 Å². The summed E-state index contributed by atoms with van der Waals surface area (Å²) in [6.07, 6.45) is -4.97. The SMILES string of the molecule is CN(C)c1ccccc1NC(=O)c1ccc(NC(=O)C(F)(F)F)cc1. The Hall–Kier alpha value is -3.03. The first-order valence-corrected chi connectivity index (χ1v) is 7.24. The molecule has 0 bridgehead atoms. The average Bonchev–Trinajstić information content (AvgIpc) is 2.54. The van der Waals surface area contributed by atoms with Crippen LogP contribution in [0.15, 0.2) is 48.5 Å². The number of nitrogens with one attached hydrogen (secondary N) is 2. The van der Waals surface area contributed by atoms with Crippen LogP contribution in [0.5, 0.6) is 0 Å². The van der Waals surface area contributed by atoms with Crippen molar-refractivity contribution in [2.45, 2.75) is 6.18 Å². The van der Waals surface area contributed by atoms with Crippen LogP contribution in [0, 0.1) is 0 Å². The van der Waals surface area contributed by atoms with Crippen LogP contribution in [-0.2, 0) is 4.79 Å². The molecule has 0 aromatic heterocycles. The van der Waals surface area contributed by atoms with Gasteiger partial charge in [-0.15, -0.1) is 0 Å². The lowest BCUT2D eigenvalue weighted by molar-refractivity contribution is -0.167. The summed E-state index contributed by atoms with van der Waals surface area (Å²) in [7, 11) is 3.67. The highest BCUT2D eigenvalue weighted by atomic mass is 19.4. The summed E-state index contributed by atoms with van der Waals surface area (Å²) in [6.45, 7) is 0. The van der Waals surface area contributed by atoms with Crippen molar-refractivity contribution in [3.05, 3.63) is 54.1 Å². The molecule has 0 unspecified atom stereocenters. The van der Waals surface area contributed by atoms with Gasteiger partial charge in [-0.1, -0.05) is 12.1 Å². The molecule has 0 spiro atoms. The van der Waals surface area contributed by atoms with E-state index >= 15 is 0 Å². The molecule has 0 atom stereocenters. The maximum absolute atomic E-state index is 12.3. The molecule has 0 saturated carbocycles. The van der Waals surface area contributed by atoms with Crippen LogP contribution >= 0.6 is 0 Å². The summed E-state index contributed by atoms with van der Waals surface area (Å²) in [5.41, 5.74) is 1.61. The molecular weight excluding hydrogens is 335 g/mol.